The largest absolute Gasteiger partial charge is 0.416 e. The molecule has 1 saturated heterocycles. The number of carbonyl (C=O) groups is 1. The Balaban J connectivity index is 1.63. The standard InChI is InChI=1S/C17H21F3N4O2/c1-16(2,17(18,19)20)26-8-5-14-22-12-4-3-11(9-13(12)23-14)10-24-7-6-21-15(24)25/h3-4,9H,5-8,10H2,1-2H3,(H,21,25)(H,22,23). The topological polar surface area (TPSA) is 70.2 Å². The van der Waals surface area contributed by atoms with Gasteiger partial charge in [-0.25, -0.2) is 9.78 Å². The minimum absolute atomic E-state index is 0.0835. The van der Waals surface area contributed by atoms with Gasteiger partial charge in [0.2, 0.25) is 0 Å². The van der Waals surface area contributed by atoms with E-state index in [-0.39, 0.29) is 19.1 Å². The van der Waals surface area contributed by atoms with E-state index in [1.807, 2.05) is 18.2 Å². The smallest absolute Gasteiger partial charge is 0.366 e. The quantitative estimate of drug-likeness (QED) is 0.821. The number of hydrogen-bond donors (Lipinski definition) is 2. The van der Waals surface area contributed by atoms with Gasteiger partial charge in [-0.3, -0.25) is 0 Å². The highest BCUT2D eigenvalue weighted by Gasteiger charge is 2.48. The summed E-state index contributed by atoms with van der Waals surface area (Å²) >= 11 is 0. The first-order valence-electron chi connectivity index (χ1n) is 8.37. The van der Waals surface area contributed by atoms with Gasteiger partial charge in [0.25, 0.3) is 0 Å². The highest BCUT2D eigenvalue weighted by molar-refractivity contribution is 5.77. The second kappa shape index (κ2) is 6.79. The number of H-pyrrole nitrogens is 1. The molecule has 2 aromatic rings. The Morgan fingerprint density at radius 2 is 2.08 bits per heavy atom. The van der Waals surface area contributed by atoms with Crippen LogP contribution in [0.1, 0.15) is 25.2 Å². The molecule has 9 heteroatoms. The fourth-order valence-corrected chi connectivity index (χ4v) is 2.69. The lowest BCUT2D eigenvalue weighted by Gasteiger charge is -2.27. The van der Waals surface area contributed by atoms with E-state index in [0.29, 0.717) is 25.5 Å². The summed E-state index contributed by atoms with van der Waals surface area (Å²) in [5, 5.41) is 2.75. The van der Waals surface area contributed by atoms with Crippen LogP contribution in [0.5, 0.6) is 0 Å². The van der Waals surface area contributed by atoms with Crippen molar-refractivity contribution in [1.29, 1.82) is 0 Å². The molecule has 1 fully saturated rings. The summed E-state index contributed by atoms with van der Waals surface area (Å²) in [6, 6.07) is 5.54. The van der Waals surface area contributed by atoms with Crippen LogP contribution in [0.3, 0.4) is 0 Å². The lowest BCUT2D eigenvalue weighted by atomic mass is 10.1. The van der Waals surface area contributed by atoms with Crippen molar-refractivity contribution < 1.29 is 22.7 Å². The van der Waals surface area contributed by atoms with Gasteiger partial charge in [0.15, 0.2) is 5.60 Å². The third kappa shape index (κ3) is 3.92. The number of amides is 2. The molecule has 0 unspecified atom stereocenters. The van der Waals surface area contributed by atoms with E-state index in [1.165, 1.54) is 0 Å². The molecule has 0 atom stereocenters. The Labute approximate surface area is 148 Å². The zero-order valence-corrected chi connectivity index (χ0v) is 14.6. The number of aromatic nitrogens is 2. The fourth-order valence-electron chi connectivity index (χ4n) is 2.69. The zero-order valence-electron chi connectivity index (χ0n) is 14.6. The average molecular weight is 370 g/mol. The molecule has 1 aliphatic rings. The van der Waals surface area contributed by atoms with Gasteiger partial charge in [-0.15, -0.1) is 0 Å². The summed E-state index contributed by atoms with van der Waals surface area (Å²) in [7, 11) is 0. The summed E-state index contributed by atoms with van der Waals surface area (Å²) in [6.07, 6.45) is -4.17. The number of carbonyl (C=O) groups excluding carboxylic acids is 1. The van der Waals surface area contributed by atoms with Crippen LogP contribution in [-0.2, 0) is 17.7 Å². The maximum Gasteiger partial charge on any atom is 0.416 e. The molecule has 2 heterocycles. The normalized spacial score (nSPS) is 15.7. The van der Waals surface area contributed by atoms with Crippen molar-refractivity contribution in [1.82, 2.24) is 20.2 Å². The minimum atomic E-state index is -4.42. The lowest BCUT2D eigenvalue weighted by molar-refractivity contribution is -0.263. The molecule has 0 spiro atoms. The molecule has 6 nitrogen and oxygen atoms in total. The van der Waals surface area contributed by atoms with Gasteiger partial charge in [-0.2, -0.15) is 13.2 Å². The first-order valence-corrected chi connectivity index (χ1v) is 8.37. The SMILES string of the molecule is CC(C)(OCCc1nc2ccc(CN3CCNC3=O)cc2[nH]1)C(F)(F)F. The lowest BCUT2D eigenvalue weighted by Crippen LogP contribution is -2.42. The zero-order chi connectivity index (χ0) is 18.9. The van der Waals surface area contributed by atoms with Crippen LogP contribution in [0, 0.1) is 0 Å². The van der Waals surface area contributed by atoms with E-state index in [1.54, 1.807) is 4.90 Å². The van der Waals surface area contributed by atoms with Crippen molar-refractivity contribution in [2.45, 2.75) is 38.6 Å². The summed E-state index contributed by atoms with van der Waals surface area (Å²) in [6.45, 7) is 3.73. The Bertz CT molecular complexity index is 801. The number of alkyl halides is 3. The van der Waals surface area contributed by atoms with Gasteiger partial charge in [-0.1, -0.05) is 6.07 Å². The summed E-state index contributed by atoms with van der Waals surface area (Å²) in [5.41, 5.74) is 0.277. The molecular weight excluding hydrogens is 349 g/mol. The average Bonchev–Trinajstić information content (AvgIpc) is 3.12. The number of fused-ring (bicyclic) bond motifs is 1. The van der Waals surface area contributed by atoms with Gasteiger partial charge in [-0.05, 0) is 31.5 Å². The number of aromatic amines is 1. The van der Waals surface area contributed by atoms with Gasteiger partial charge in [0.1, 0.15) is 5.82 Å². The van der Waals surface area contributed by atoms with Gasteiger partial charge in [0, 0.05) is 26.1 Å². The Kier molecular flexibility index (Phi) is 4.83. The Morgan fingerprint density at radius 3 is 2.73 bits per heavy atom. The maximum atomic E-state index is 12.8. The third-order valence-corrected chi connectivity index (χ3v) is 4.40. The number of ether oxygens (including phenoxy) is 1. The van der Waals surface area contributed by atoms with E-state index in [0.717, 1.165) is 30.4 Å². The van der Waals surface area contributed by atoms with Gasteiger partial charge >= 0.3 is 12.2 Å². The molecular formula is C17H21F3N4O2. The van der Waals surface area contributed by atoms with E-state index in [9.17, 15) is 18.0 Å². The van der Waals surface area contributed by atoms with Crippen LogP contribution in [0.4, 0.5) is 18.0 Å². The van der Waals surface area contributed by atoms with Crippen LogP contribution in [0.15, 0.2) is 18.2 Å². The van der Waals surface area contributed by atoms with Crippen molar-refractivity contribution in [2.24, 2.45) is 0 Å². The minimum Gasteiger partial charge on any atom is -0.366 e. The molecule has 0 saturated carbocycles. The van der Waals surface area contributed by atoms with Crippen molar-refractivity contribution in [2.75, 3.05) is 19.7 Å². The molecule has 1 aromatic carbocycles. The van der Waals surface area contributed by atoms with Gasteiger partial charge in [0.05, 0.1) is 17.6 Å². The van der Waals surface area contributed by atoms with Crippen LogP contribution < -0.4 is 5.32 Å². The number of urea groups is 1. The van der Waals surface area contributed by atoms with Crippen molar-refractivity contribution >= 4 is 17.1 Å². The summed E-state index contributed by atoms with van der Waals surface area (Å²) in [4.78, 5) is 20.8. The second-order valence-electron chi connectivity index (χ2n) is 6.80. The van der Waals surface area contributed by atoms with Crippen molar-refractivity contribution in [3.05, 3.63) is 29.6 Å². The Hall–Kier alpha value is -2.29. The molecule has 0 aliphatic carbocycles. The van der Waals surface area contributed by atoms with Crippen LogP contribution >= 0.6 is 0 Å². The molecule has 142 valence electrons. The third-order valence-electron chi connectivity index (χ3n) is 4.40. The molecule has 0 bridgehead atoms. The highest BCUT2D eigenvalue weighted by atomic mass is 19.4. The summed E-state index contributed by atoms with van der Waals surface area (Å²) < 4.78 is 43.3. The van der Waals surface area contributed by atoms with Crippen LogP contribution in [0.2, 0.25) is 0 Å². The first-order chi connectivity index (χ1) is 12.2. The Morgan fingerprint density at radius 1 is 1.31 bits per heavy atom. The predicted molar refractivity (Wildman–Crippen MR) is 89.7 cm³/mol. The molecule has 1 aliphatic heterocycles. The number of rotatable bonds is 6. The second-order valence-corrected chi connectivity index (χ2v) is 6.80. The monoisotopic (exact) mass is 370 g/mol. The summed E-state index contributed by atoms with van der Waals surface area (Å²) in [5.74, 6) is 0.564. The van der Waals surface area contributed by atoms with Crippen LogP contribution in [0.25, 0.3) is 11.0 Å². The van der Waals surface area contributed by atoms with Crippen molar-refractivity contribution in [3.63, 3.8) is 0 Å². The number of nitrogens with zero attached hydrogens (tertiary/aromatic N) is 2. The molecule has 26 heavy (non-hydrogen) atoms. The van der Waals surface area contributed by atoms with Gasteiger partial charge < -0.3 is 19.9 Å². The molecule has 2 N–H and O–H groups in total. The van der Waals surface area contributed by atoms with E-state index >= 15 is 0 Å². The molecule has 1 aromatic heterocycles. The number of hydrogen-bond acceptors (Lipinski definition) is 3. The van der Waals surface area contributed by atoms with E-state index in [4.69, 9.17) is 4.74 Å². The van der Waals surface area contributed by atoms with E-state index < -0.39 is 11.8 Å². The number of nitrogens with one attached hydrogen (secondary N) is 2. The number of imidazole rings is 1. The number of halogens is 3. The molecule has 0 radical (unpaired) electrons. The molecule has 3 rings (SSSR count). The van der Waals surface area contributed by atoms with Crippen molar-refractivity contribution in [3.8, 4) is 0 Å². The van der Waals surface area contributed by atoms with Crippen LogP contribution in [-0.4, -0.2) is 52.4 Å². The highest BCUT2D eigenvalue weighted by Crippen LogP contribution is 2.32. The number of benzene rings is 1. The molecule has 2 amide bonds. The van der Waals surface area contributed by atoms with E-state index in [2.05, 4.69) is 15.3 Å². The fraction of sp³-hybridized carbons (Fsp3) is 0.529. The first kappa shape index (κ1) is 18.5. The predicted octanol–water partition coefficient (Wildman–Crippen LogP) is 2.99. The maximum absolute atomic E-state index is 12.8.